The van der Waals surface area contributed by atoms with Crippen molar-refractivity contribution in [3.8, 4) is 0 Å². The summed E-state index contributed by atoms with van der Waals surface area (Å²) in [6, 6.07) is 7.71. The average molecular weight is 455 g/mol. The Morgan fingerprint density at radius 3 is 2.55 bits per heavy atom. The number of aryl methyl sites for hydroxylation is 1. The molecule has 4 rings (SSSR count). The fourth-order valence-corrected chi connectivity index (χ4v) is 4.89. The Bertz CT molecular complexity index is 996. The predicted molar refractivity (Wildman–Crippen MR) is 128 cm³/mol. The number of benzene rings is 1. The van der Waals surface area contributed by atoms with E-state index in [0.29, 0.717) is 29.8 Å². The van der Waals surface area contributed by atoms with Crippen LogP contribution in [0.5, 0.6) is 0 Å². The van der Waals surface area contributed by atoms with Gasteiger partial charge in [0.15, 0.2) is 0 Å². The minimum atomic E-state index is -0.763. The van der Waals surface area contributed by atoms with Crippen LogP contribution in [0.15, 0.2) is 28.8 Å². The molecule has 0 aliphatic heterocycles. The van der Waals surface area contributed by atoms with Crippen LogP contribution in [0.25, 0.3) is 0 Å². The molecule has 2 aromatic rings. The number of rotatable bonds is 8. The minimum Gasteiger partial charge on any atom is -0.481 e. The van der Waals surface area contributed by atoms with E-state index in [1.54, 1.807) is 13.0 Å². The van der Waals surface area contributed by atoms with Crippen LogP contribution in [-0.2, 0) is 4.79 Å². The third kappa shape index (κ3) is 5.67. The zero-order valence-electron chi connectivity index (χ0n) is 19.6. The molecule has 2 aliphatic rings. The van der Waals surface area contributed by atoms with Gasteiger partial charge in [0.2, 0.25) is 5.88 Å². The molecule has 0 bridgehead atoms. The van der Waals surface area contributed by atoms with E-state index in [1.807, 2.05) is 12.1 Å². The number of anilines is 3. The van der Waals surface area contributed by atoms with Gasteiger partial charge in [-0.25, -0.2) is 4.79 Å². The van der Waals surface area contributed by atoms with Gasteiger partial charge >= 0.3 is 12.0 Å². The highest BCUT2D eigenvalue weighted by atomic mass is 16.5. The van der Waals surface area contributed by atoms with Crippen LogP contribution in [0.2, 0.25) is 0 Å². The number of aromatic nitrogens is 1. The Labute approximate surface area is 194 Å². The van der Waals surface area contributed by atoms with E-state index in [1.165, 1.54) is 19.3 Å². The SMILES string of the molecule is Cc1cc(NC(=O)Nc2cc([C@H]3C[C@H]3C(=O)O)ccc2N(CC(C)C)C2CCCCC2)on1. The van der Waals surface area contributed by atoms with Crippen LogP contribution < -0.4 is 15.5 Å². The molecular formula is C25H34N4O4. The lowest BCUT2D eigenvalue weighted by Crippen LogP contribution is -2.40. The minimum absolute atomic E-state index is 0.00897. The van der Waals surface area contributed by atoms with E-state index in [0.717, 1.165) is 30.6 Å². The second kappa shape index (κ2) is 9.85. The van der Waals surface area contributed by atoms with Crippen LogP contribution >= 0.6 is 0 Å². The number of amides is 2. The molecule has 1 aromatic heterocycles. The first-order valence-corrected chi connectivity index (χ1v) is 12.0. The number of aliphatic carboxylic acids is 1. The average Bonchev–Trinajstić information content (AvgIpc) is 3.49. The lowest BCUT2D eigenvalue weighted by atomic mass is 9.92. The molecule has 3 N–H and O–H groups in total. The van der Waals surface area contributed by atoms with Gasteiger partial charge in [-0.1, -0.05) is 44.3 Å². The fourth-order valence-electron chi connectivity index (χ4n) is 4.89. The smallest absolute Gasteiger partial charge is 0.326 e. The van der Waals surface area contributed by atoms with E-state index in [4.69, 9.17) is 4.52 Å². The van der Waals surface area contributed by atoms with Crippen molar-refractivity contribution >= 4 is 29.3 Å². The molecule has 2 saturated carbocycles. The highest BCUT2D eigenvalue weighted by Gasteiger charge is 2.44. The van der Waals surface area contributed by atoms with E-state index in [9.17, 15) is 14.7 Å². The molecule has 0 spiro atoms. The molecule has 1 aromatic carbocycles. The zero-order valence-corrected chi connectivity index (χ0v) is 19.6. The normalized spacial score (nSPS) is 20.5. The Morgan fingerprint density at radius 1 is 1.18 bits per heavy atom. The molecular weight excluding hydrogens is 420 g/mol. The molecule has 33 heavy (non-hydrogen) atoms. The Kier molecular flexibility index (Phi) is 6.91. The Morgan fingerprint density at radius 2 is 1.94 bits per heavy atom. The first-order valence-electron chi connectivity index (χ1n) is 12.0. The van der Waals surface area contributed by atoms with Crippen molar-refractivity contribution in [1.82, 2.24) is 5.16 Å². The monoisotopic (exact) mass is 454 g/mol. The van der Waals surface area contributed by atoms with Gasteiger partial charge in [-0.15, -0.1) is 0 Å². The maximum Gasteiger partial charge on any atom is 0.326 e. The molecule has 0 radical (unpaired) electrons. The number of urea groups is 1. The first-order chi connectivity index (χ1) is 15.8. The van der Waals surface area contributed by atoms with E-state index in [-0.39, 0.29) is 17.7 Å². The number of carbonyl (C=O) groups is 2. The molecule has 8 nitrogen and oxygen atoms in total. The van der Waals surface area contributed by atoms with Gasteiger partial charge in [0.25, 0.3) is 0 Å². The molecule has 2 atom stereocenters. The van der Waals surface area contributed by atoms with Crippen molar-refractivity contribution < 1.29 is 19.2 Å². The Hall–Kier alpha value is -3.03. The van der Waals surface area contributed by atoms with Crippen molar-refractivity contribution in [3.63, 3.8) is 0 Å². The van der Waals surface area contributed by atoms with Crippen LogP contribution in [0.4, 0.5) is 22.1 Å². The summed E-state index contributed by atoms with van der Waals surface area (Å²) in [5.41, 5.74) is 3.31. The molecule has 2 aliphatic carbocycles. The number of hydrogen-bond donors (Lipinski definition) is 3. The fraction of sp³-hybridized carbons (Fsp3) is 0.560. The molecule has 1 heterocycles. The summed E-state index contributed by atoms with van der Waals surface area (Å²) in [7, 11) is 0. The second-order valence-electron chi connectivity index (χ2n) is 9.81. The largest absolute Gasteiger partial charge is 0.481 e. The zero-order chi connectivity index (χ0) is 23.5. The second-order valence-corrected chi connectivity index (χ2v) is 9.81. The number of nitrogens with zero attached hydrogens (tertiary/aromatic N) is 2. The summed E-state index contributed by atoms with van der Waals surface area (Å²) in [4.78, 5) is 26.7. The quantitative estimate of drug-likeness (QED) is 0.478. The molecule has 178 valence electrons. The number of hydrogen-bond acceptors (Lipinski definition) is 5. The lowest BCUT2D eigenvalue weighted by Gasteiger charge is -2.38. The standard InChI is InChI=1S/C25H34N4O4/c1-15(2)14-29(18-7-5-4-6-8-18)22-10-9-17(19-13-20(19)24(30)31)12-21(22)26-25(32)27-23-11-16(3)28-33-23/h9-12,15,18-20H,4-8,13-14H2,1-3H3,(H,30,31)(H2,26,27,32)/t19-,20-/m1/s1. The maximum absolute atomic E-state index is 12.8. The Balaban J connectivity index is 1.63. The number of nitrogens with one attached hydrogen (secondary N) is 2. The maximum atomic E-state index is 12.8. The van der Waals surface area contributed by atoms with Crippen LogP contribution in [-0.4, -0.2) is 34.9 Å². The van der Waals surface area contributed by atoms with Gasteiger partial charge in [0.1, 0.15) is 0 Å². The summed E-state index contributed by atoms with van der Waals surface area (Å²) < 4.78 is 5.11. The van der Waals surface area contributed by atoms with Crippen molar-refractivity contribution in [2.75, 3.05) is 22.1 Å². The molecule has 2 amide bonds. The summed E-state index contributed by atoms with van der Waals surface area (Å²) in [5, 5.41) is 18.9. The third-order valence-electron chi connectivity index (χ3n) is 6.56. The molecule has 8 heteroatoms. The predicted octanol–water partition coefficient (Wildman–Crippen LogP) is 5.61. The van der Waals surface area contributed by atoms with Crippen molar-refractivity contribution in [3.05, 3.63) is 35.5 Å². The molecule has 0 unspecified atom stereocenters. The molecule has 0 saturated heterocycles. The number of carboxylic acid groups (broad SMARTS) is 1. The summed E-state index contributed by atoms with van der Waals surface area (Å²) in [5.74, 6) is -0.377. The topological polar surface area (TPSA) is 108 Å². The summed E-state index contributed by atoms with van der Waals surface area (Å²) in [6.45, 7) is 7.09. The number of carboxylic acids is 1. The van der Waals surface area contributed by atoms with E-state index >= 15 is 0 Å². The van der Waals surface area contributed by atoms with Gasteiger partial charge in [0.05, 0.1) is 23.0 Å². The van der Waals surface area contributed by atoms with Crippen molar-refractivity contribution in [2.45, 2.75) is 71.3 Å². The van der Waals surface area contributed by atoms with Gasteiger partial charge in [-0.3, -0.25) is 10.1 Å². The van der Waals surface area contributed by atoms with E-state index in [2.05, 4.69) is 40.6 Å². The van der Waals surface area contributed by atoms with Crippen LogP contribution in [0.3, 0.4) is 0 Å². The van der Waals surface area contributed by atoms with Crippen LogP contribution in [0.1, 0.15) is 69.5 Å². The van der Waals surface area contributed by atoms with Gasteiger partial charge in [-0.2, -0.15) is 0 Å². The summed E-state index contributed by atoms with van der Waals surface area (Å²) in [6.07, 6.45) is 6.62. The van der Waals surface area contributed by atoms with Gasteiger partial charge in [-0.05, 0) is 55.7 Å². The number of carbonyl (C=O) groups excluding carboxylic acids is 1. The van der Waals surface area contributed by atoms with Crippen molar-refractivity contribution in [2.24, 2.45) is 11.8 Å². The van der Waals surface area contributed by atoms with Gasteiger partial charge in [0, 0.05) is 18.7 Å². The first kappa shape index (κ1) is 23.1. The van der Waals surface area contributed by atoms with Crippen molar-refractivity contribution in [1.29, 1.82) is 0 Å². The summed E-state index contributed by atoms with van der Waals surface area (Å²) >= 11 is 0. The van der Waals surface area contributed by atoms with Crippen LogP contribution in [0, 0.1) is 18.8 Å². The highest BCUT2D eigenvalue weighted by molar-refractivity contribution is 6.01. The third-order valence-corrected chi connectivity index (χ3v) is 6.56. The molecule has 2 fully saturated rings. The highest BCUT2D eigenvalue weighted by Crippen LogP contribution is 2.49. The van der Waals surface area contributed by atoms with Gasteiger partial charge < -0.3 is 19.8 Å². The van der Waals surface area contributed by atoms with E-state index < -0.39 is 12.0 Å². The lowest BCUT2D eigenvalue weighted by molar-refractivity contribution is -0.138.